The van der Waals surface area contributed by atoms with Crippen LogP contribution in [0.5, 0.6) is 5.75 Å². The molecule has 126 valence electrons. The summed E-state index contributed by atoms with van der Waals surface area (Å²) < 4.78 is 17.5. The lowest BCUT2D eigenvalue weighted by Gasteiger charge is -2.24. The molecule has 0 amide bonds. The second-order valence-electron chi connectivity index (χ2n) is 7.44. The summed E-state index contributed by atoms with van der Waals surface area (Å²) in [6, 6.07) is 7.53. The van der Waals surface area contributed by atoms with Gasteiger partial charge in [-0.2, -0.15) is 0 Å². The van der Waals surface area contributed by atoms with Crippen molar-refractivity contribution in [3.05, 3.63) is 29.3 Å². The highest BCUT2D eigenvalue weighted by molar-refractivity contribution is 7.85. The predicted octanol–water partition coefficient (Wildman–Crippen LogP) is 3.27. The summed E-state index contributed by atoms with van der Waals surface area (Å²) >= 11 is 0. The van der Waals surface area contributed by atoms with Gasteiger partial charge in [-0.05, 0) is 63.2 Å². The molecule has 1 aromatic rings. The van der Waals surface area contributed by atoms with Gasteiger partial charge in [0.1, 0.15) is 5.75 Å². The smallest absolute Gasteiger partial charge is 0.122 e. The van der Waals surface area contributed by atoms with Gasteiger partial charge in [-0.15, -0.1) is 0 Å². The second kappa shape index (κ2) is 6.56. The van der Waals surface area contributed by atoms with E-state index in [1.165, 1.54) is 36.9 Å². The molecule has 0 aliphatic carbocycles. The molecule has 0 spiro atoms. The van der Waals surface area contributed by atoms with Gasteiger partial charge in [-0.1, -0.05) is 12.1 Å². The van der Waals surface area contributed by atoms with Crippen molar-refractivity contribution in [2.75, 3.05) is 31.7 Å². The first-order chi connectivity index (χ1) is 11.2. The summed E-state index contributed by atoms with van der Waals surface area (Å²) in [5.41, 5.74) is 2.87. The molecule has 0 N–H and O–H groups in total. The highest BCUT2D eigenvalue weighted by Crippen LogP contribution is 2.41. The molecule has 1 unspecified atom stereocenters. The van der Waals surface area contributed by atoms with Gasteiger partial charge >= 0.3 is 0 Å². The Labute approximate surface area is 141 Å². The lowest BCUT2D eigenvalue weighted by Crippen LogP contribution is -2.27. The van der Waals surface area contributed by atoms with Crippen molar-refractivity contribution in [1.82, 2.24) is 4.90 Å². The van der Waals surface area contributed by atoms with E-state index in [1.807, 2.05) is 0 Å². The van der Waals surface area contributed by atoms with E-state index in [2.05, 4.69) is 30.1 Å². The molecule has 0 bridgehead atoms. The molecule has 0 aromatic heterocycles. The van der Waals surface area contributed by atoms with Crippen molar-refractivity contribution in [1.29, 1.82) is 0 Å². The molecule has 3 aliphatic rings. The Morgan fingerprint density at radius 1 is 1.26 bits per heavy atom. The Morgan fingerprint density at radius 3 is 2.83 bits per heavy atom. The number of rotatable bonds is 3. The normalized spacial score (nSPS) is 34.3. The second-order valence-corrected chi connectivity index (χ2v) is 9.14. The quantitative estimate of drug-likeness (QED) is 0.850. The van der Waals surface area contributed by atoms with Crippen molar-refractivity contribution < 1.29 is 8.95 Å². The first-order valence-corrected chi connectivity index (χ1v) is 10.5. The molecule has 0 saturated carbocycles. The fraction of sp³-hybridized carbons (Fsp3) is 0.684. The van der Waals surface area contributed by atoms with E-state index >= 15 is 0 Å². The first-order valence-electron chi connectivity index (χ1n) is 9.02. The van der Waals surface area contributed by atoms with E-state index in [0.29, 0.717) is 11.8 Å². The summed E-state index contributed by atoms with van der Waals surface area (Å²) in [6.45, 7) is 2.09. The maximum atomic E-state index is 11.6. The number of nitrogens with zero attached hydrogens (tertiary/aromatic N) is 1. The third kappa shape index (κ3) is 3.20. The van der Waals surface area contributed by atoms with Crippen molar-refractivity contribution >= 4 is 10.8 Å². The SMILES string of the molecule is CN1CCC[C@@H]1CC1COc2ccc(C3CCS(=O)CC3)cc21. The van der Waals surface area contributed by atoms with Gasteiger partial charge in [0.25, 0.3) is 0 Å². The molecule has 3 nitrogen and oxygen atoms in total. The Kier molecular flexibility index (Phi) is 4.46. The summed E-state index contributed by atoms with van der Waals surface area (Å²) in [7, 11) is 1.68. The molecule has 2 fully saturated rings. The van der Waals surface area contributed by atoms with Crippen molar-refractivity contribution in [3.8, 4) is 5.75 Å². The van der Waals surface area contributed by atoms with E-state index in [0.717, 1.165) is 42.7 Å². The van der Waals surface area contributed by atoms with Crippen molar-refractivity contribution in [3.63, 3.8) is 0 Å². The van der Waals surface area contributed by atoms with Gasteiger partial charge in [0.05, 0.1) is 6.61 Å². The Morgan fingerprint density at radius 2 is 2.09 bits per heavy atom. The Bertz CT molecular complexity index is 593. The summed E-state index contributed by atoms with van der Waals surface area (Å²) in [6.07, 6.45) is 6.03. The number of fused-ring (bicyclic) bond motifs is 1. The van der Waals surface area contributed by atoms with Crippen LogP contribution in [-0.2, 0) is 10.8 Å². The monoisotopic (exact) mass is 333 g/mol. The minimum atomic E-state index is -0.578. The fourth-order valence-corrected chi connectivity index (χ4v) is 5.78. The van der Waals surface area contributed by atoms with Crippen LogP contribution in [0.25, 0.3) is 0 Å². The molecule has 4 rings (SSSR count). The molecule has 1 aromatic carbocycles. The Balaban J connectivity index is 1.51. The minimum absolute atomic E-state index is 0.549. The molecule has 2 saturated heterocycles. The maximum absolute atomic E-state index is 11.6. The van der Waals surface area contributed by atoms with Gasteiger partial charge < -0.3 is 9.64 Å². The van der Waals surface area contributed by atoms with Gasteiger partial charge in [-0.25, -0.2) is 0 Å². The summed E-state index contributed by atoms with van der Waals surface area (Å²) in [5, 5.41) is 0. The van der Waals surface area contributed by atoms with E-state index in [1.54, 1.807) is 0 Å². The topological polar surface area (TPSA) is 29.5 Å². The summed E-state index contributed by atoms with van der Waals surface area (Å²) in [4.78, 5) is 2.51. The molecule has 4 heteroatoms. The van der Waals surface area contributed by atoms with Crippen molar-refractivity contribution in [2.45, 2.75) is 50.0 Å². The van der Waals surface area contributed by atoms with Gasteiger partial charge in [0.2, 0.25) is 0 Å². The van der Waals surface area contributed by atoms with Crippen molar-refractivity contribution in [2.24, 2.45) is 0 Å². The number of hydrogen-bond acceptors (Lipinski definition) is 3. The number of ether oxygens (including phenoxy) is 1. The van der Waals surface area contributed by atoms with Crippen LogP contribution in [0.3, 0.4) is 0 Å². The first kappa shape index (κ1) is 15.6. The third-order valence-corrected chi connectivity index (χ3v) is 7.38. The lowest BCUT2D eigenvalue weighted by molar-refractivity contribution is 0.257. The largest absolute Gasteiger partial charge is 0.493 e. The van der Waals surface area contributed by atoms with Crippen LogP contribution < -0.4 is 4.74 Å². The molecule has 23 heavy (non-hydrogen) atoms. The van der Waals surface area contributed by atoms with Gasteiger partial charge in [0.15, 0.2) is 0 Å². The lowest BCUT2D eigenvalue weighted by atomic mass is 9.87. The minimum Gasteiger partial charge on any atom is -0.493 e. The number of benzene rings is 1. The van der Waals surface area contributed by atoms with E-state index in [4.69, 9.17) is 4.74 Å². The summed E-state index contributed by atoms with van der Waals surface area (Å²) in [5.74, 6) is 3.98. The predicted molar refractivity (Wildman–Crippen MR) is 94.8 cm³/mol. The fourth-order valence-electron chi connectivity index (χ4n) is 4.48. The highest BCUT2D eigenvalue weighted by atomic mass is 32.2. The van der Waals surface area contributed by atoms with Crippen LogP contribution in [0.4, 0.5) is 0 Å². The maximum Gasteiger partial charge on any atom is 0.122 e. The molecule has 0 radical (unpaired) electrons. The van der Waals surface area contributed by atoms with Crippen LogP contribution in [0.1, 0.15) is 55.1 Å². The zero-order valence-corrected chi connectivity index (χ0v) is 14.8. The van der Waals surface area contributed by atoms with E-state index in [9.17, 15) is 4.21 Å². The average molecular weight is 333 g/mol. The number of hydrogen-bond donors (Lipinski definition) is 0. The zero-order valence-electron chi connectivity index (χ0n) is 14.0. The van der Waals surface area contributed by atoms with Gasteiger partial charge in [0, 0.05) is 39.8 Å². The molecular weight excluding hydrogens is 306 g/mol. The Hall–Kier alpha value is -0.870. The van der Waals surface area contributed by atoms with Crippen LogP contribution in [-0.4, -0.2) is 46.9 Å². The zero-order chi connectivity index (χ0) is 15.8. The standard InChI is InChI=1S/C19H27NO2S/c1-20-8-2-3-17(20)11-16-13-22-19-5-4-15(12-18(16)19)14-6-9-23(21)10-7-14/h4-5,12,14,16-17H,2-3,6-11,13H2,1H3/t14?,16?,17-,23?/m1/s1. The van der Waals surface area contributed by atoms with Crippen LogP contribution in [0.2, 0.25) is 0 Å². The van der Waals surface area contributed by atoms with Crippen LogP contribution in [0.15, 0.2) is 18.2 Å². The number of likely N-dealkylation sites (tertiary alicyclic amines) is 1. The molecule has 3 aliphatic heterocycles. The van der Waals surface area contributed by atoms with Gasteiger partial charge in [-0.3, -0.25) is 4.21 Å². The van der Waals surface area contributed by atoms with E-state index < -0.39 is 10.8 Å². The van der Waals surface area contributed by atoms with Crippen LogP contribution >= 0.6 is 0 Å². The molecular formula is C19H27NO2S. The average Bonchev–Trinajstić information content (AvgIpc) is 3.15. The molecule has 3 heterocycles. The highest BCUT2D eigenvalue weighted by Gasteiger charge is 2.31. The third-order valence-electron chi connectivity index (χ3n) is 6.00. The van der Waals surface area contributed by atoms with Crippen LogP contribution in [0, 0.1) is 0 Å². The molecule has 2 atom stereocenters. The van der Waals surface area contributed by atoms with E-state index in [-0.39, 0.29) is 0 Å².